The highest BCUT2D eigenvalue weighted by Crippen LogP contribution is 2.40. The summed E-state index contributed by atoms with van der Waals surface area (Å²) >= 11 is 9.15. The molecule has 0 fully saturated rings. The van der Waals surface area contributed by atoms with E-state index in [4.69, 9.17) is 22.1 Å². The van der Waals surface area contributed by atoms with E-state index in [1.54, 1.807) is 6.07 Å². The van der Waals surface area contributed by atoms with Crippen molar-refractivity contribution in [1.82, 2.24) is 4.90 Å². The van der Waals surface area contributed by atoms with Crippen LogP contribution in [0.5, 0.6) is 0 Å². The number of benzene rings is 2. The summed E-state index contributed by atoms with van der Waals surface area (Å²) in [6.07, 6.45) is -0.736. The predicted octanol–water partition coefficient (Wildman–Crippen LogP) is 2.71. The lowest BCUT2D eigenvalue weighted by atomic mass is 9.71. The van der Waals surface area contributed by atoms with E-state index in [1.807, 2.05) is 0 Å². The van der Waals surface area contributed by atoms with Gasteiger partial charge in [0.1, 0.15) is 5.82 Å². The van der Waals surface area contributed by atoms with E-state index < -0.39 is 47.9 Å². The number of halogens is 3. The molecule has 7 nitrogen and oxygen atoms in total. The van der Waals surface area contributed by atoms with Crippen molar-refractivity contribution in [2.24, 2.45) is 5.73 Å². The van der Waals surface area contributed by atoms with Crippen molar-refractivity contribution in [3.63, 3.8) is 0 Å². The van der Waals surface area contributed by atoms with Crippen molar-refractivity contribution >= 4 is 51.2 Å². The Morgan fingerprint density at radius 2 is 1.93 bits per heavy atom. The Bertz CT molecular complexity index is 1090. The summed E-state index contributed by atoms with van der Waals surface area (Å²) in [6.45, 7) is -0.472. The maximum Gasteiger partial charge on any atom is 0.326 e. The van der Waals surface area contributed by atoms with Crippen LogP contribution in [0.4, 0.5) is 4.39 Å². The first-order valence-corrected chi connectivity index (χ1v) is 9.76. The minimum Gasteiger partial charge on any atom is -0.468 e. The molecule has 1 aliphatic rings. The Balaban J connectivity index is 2.23. The summed E-state index contributed by atoms with van der Waals surface area (Å²) in [5.41, 5.74) is 3.05. The minimum atomic E-state index is -2.19. The fourth-order valence-electron chi connectivity index (χ4n) is 3.49. The summed E-state index contributed by atoms with van der Waals surface area (Å²) in [5.74, 6) is -4.51. The number of amides is 3. The van der Waals surface area contributed by atoms with Crippen LogP contribution in [0.3, 0.4) is 0 Å². The maximum atomic E-state index is 14.4. The van der Waals surface area contributed by atoms with Crippen molar-refractivity contribution in [1.29, 1.82) is 0 Å². The molecule has 0 aliphatic carbocycles. The van der Waals surface area contributed by atoms with Gasteiger partial charge in [0.15, 0.2) is 5.41 Å². The number of carbonyl (C=O) groups is 4. The fourth-order valence-corrected chi connectivity index (χ4v) is 3.99. The van der Waals surface area contributed by atoms with Gasteiger partial charge >= 0.3 is 5.97 Å². The standard InChI is InChI=1S/C20H15BrClFN2O5/c1-30-19(29)20(8-16(24)26)14-5-4-12(22)7-13(14)17(27)25(18(20)28)9-10-2-3-11(21)6-15(10)23/h2-7H,8-9H2,1H3,(H2,24,26). The van der Waals surface area contributed by atoms with E-state index in [0.29, 0.717) is 9.37 Å². The van der Waals surface area contributed by atoms with E-state index in [1.165, 1.54) is 30.3 Å². The molecule has 0 saturated carbocycles. The highest BCUT2D eigenvalue weighted by molar-refractivity contribution is 9.10. The van der Waals surface area contributed by atoms with Gasteiger partial charge in [-0.25, -0.2) is 4.39 Å². The lowest BCUT2D eigenvalue weighted by Gasteiger charge is -2.39. The van der Waals surface area contributed by atoms with Gasteiger partial charge in [-0.05, 0) is 29.8 Å². The lowest BCUT2D eigenvalue weighted by Crippen LogP contribution is -2.59. The van der Waals surface area contributed by atoms with Gasteiger partial charge in [0, 0.05) is 20.6 Å². The molecule has 10 heteroatoms. The molecule has 1 atom stereocenters. The first-order chi connectivity index (χ1) is 14.1. The van der Waals surface area contributed by atoms with E-state index in [9.17, 15) is 23.6 Å². The third kappa shape index (κ3) is 3.59. The summed E-state index contributed by atoms with van der Waals surface area (Å²) in [7, 11) is 1.04. The van der Waals surface area contributed by atoms with Crippen LogP contribution in [0, 0.1) is 5.82 Å². The number of nitrogens with two attached hydrogens (primary N) is 1. The number of esters is 1. The maximum absolute atomic E-state index is 14.4. The van der Waals surface area contributed by atoms with Crippen LogP contribution >= 0.6 is 27.5 Å². The number of nitrogens with zero attached hydrogens (tertiary/aromatic N) is 1. The molecule has 3 amide bonds. The molecule has 2 N–H and O–H groups in total. The molecule has 30 heavy (non-hydrogen) atoms. The molecule has 0 saturated heterocycles. The molecule has 0 aromatic heterocycles. The Kier molecular flexibility index (Phi) is 5.96. The number of rotatable bonds is 5. The summed E-state index contributed by atoms with van der Waals surface area (Å²) in [6, 6.07) is 8.07. The van der Waals surface area contributed by atoms with Gasteiger partial charge in [0.25, 0.3) is 11.8 Å². The predicted molar refractivity (Wildman–Crippen MR) is 108 cm³/mol. The van der Waals surface area contributed by atoms with Crippen LogP contribution in [0.25, 0.3) is 0 Å². The van der Waals surface area contributed by atoms with Gasteiger partial charge in [-0.3, -0.25) is 24.1 Å². The number of primary amides is 1. The summed E-state index contributed by atoms with van der Waals surface area (Å²) in [4.78, 5) is 51.9. The Hall–Kier alpha value is -2.78. The molecule has 0 spiro atoms. The number of imide groups is 1. The number of carbonyl (C=O) groups excluding carboxylic acids is 4. The highest BCUT2D eigenvalue weighted by Gasteiger charge is 2.57. The molecule has 1 heterocycles. The molecular formula is C20H15BrClFN2O5. The molecule has 1 unspecified atom stereocenters. The van der Waals surface area contributed by atoms with E-state index >= 15 is 0 Å². The number of methoxy groups -OCH3 is 1. The van der Waals surface area contributed by atoms with Crippen molar-refractivity contribution in [2.45, 2.75) is 18.4 Å². The number of fused-ring (bicyclic) bond motifs is 1. The van der Waals surface area contributed by atoms with Crippen LogP contribution in [-0.2, 0) is 31.1 Å². The molecule has 2 aromatic carbocycles. The average Bonchev–Trinajstić information content (AvgIpc) is 2.69. The SMILES string of the molecule is COC(=O)C1(CC(N)=O)C(=O)N(Cc2ccc(Br)cc2F)C(=O)c2cc(Cl)ccc21. The molecule has 0 bridgehead atoms. The zero-order valence-electron chi connectivity index (χ0n) is 15.6. The lowest BCUT2D eigenvalue weighted by molar-refractivity contribution is -0.158. The van der Waals surface area contributed by atoms with Gasteiger partial charge < -0.3 is 10.5 Å². The molecule has 2 aromatic rings. The molecule has 3 rings (SSSR count). The van der Waals surface area contributed by atoms with Crippen LogP contribution in [0.15, 0.2) is 40.9 Å². The fraction of sp³-hybridized carbons (Fsp3) is 0.200. The molecule has 1 aliphatic heterocycles. The number of hydrogen-bond acceptors (Lipinski definition) is 5. The van der Waals surface area contributed by atoms with Crippen LogP contribution in [-0.4, -0.2) is 35.7 Å². The third-order valence-corrected chi connectivity index (χ3v) is 5.57. The van der Waals surface area contributed by atoms with E-state index in [2.05, 4.69) is 15.9 Å². The number of hydrogen-bond donors (Lipinski definition) is 1. The van der Waals surface area contributed by atoms with Gasteiger partial charge in [-0.15, -0.1) is 0 Å². The van der Waals surface area contributed by atoms with Crippen LogP contribution in [0.2, 0.25) is 5.02 Å². The van der Waals surface area contributed by atoms with Gasteiger partial charge in [-0.1, -0.05) is 39.7 Å². The monoisotopic (exact) mass is 496 g/mol. The summed E-state index contributed by atoms with van der Waals surface area (Å²) in [5, 5.41) is 0.170. The normalized spacial score (nSPS) is 18.2. The Labute approximate surface area is 184 Å². The highest BCUT2D eigenvalue weighted by atomic mass is 79.9. The van der Waals surface area contributed by atoms with Gasteiger partial charge in [0.05, 0.1) is 20.1 Å². The minimum absolute atomic E-state index is 0.0308. The van der Waals surface area contributed by atoms with E-state index in [-0.39, 0.29) is 21.7 Å². The first-order valence-electron chi connectivity index (χ1n) is 8.58. The second-order valence-electron chi connectivity index (χ2n) is 6.66. The molecule has 156 valence electrons. The third-order valence-electron chi connectivity index (χ3n) is 4.84. The van der Waals surface area contributed by atoms with Crippen molar-refractivity contribution in [3.8, 4) is 0 Å². The second kappa shape index (κ2) is 8.16. The van der Waals surface area contributed by atoms with Crippen molar-refractivity contribution in [2.75, 3.05) is 7.11 Å². The summed E-state index contributed by atoms with van der Waals surface area (Å²) < 4.78 is 19.7. The number of ether oxygens (including phenoxy) is 1. The molecule has 0 radical (unpaired) electrons. The average molecular weight is 498 g/mol. The van der Waals surface area contributed by atoms with Crippen molar-refractivity contribution < 1.29 is 28.3 Å². The first kappa shape index (κ1) is 21.9. The largest absolute Gasteiger partial charge is 0.468 e. The molecular weight excluding hydrogens is 483 g/mol. The quantitative estimate of drug-likeness (QED) is 0.388. The zero-order chi connectivity index (χ0) is 22.2. The zero-order valence-corrected chi connectivity index (χ0v) is 17.9. The van der Waals surface area contributed by atoms with E-state index in [0.717, 1.165) is 7.11 Å². The van der Waals surface area contributed by atoms with Crippen LogP contribution < -0.4 is 5.73 Å². The van der Waals surface area contributed by atoms with Crippen molar-refractivity contribution in [3.05, 3.63) is 68.4 Å². The van der Waals surface area contributed by atoms with Gasteiger partial charge in [0.2, 0.25) is 5.91 Å². The topological polar surface area (TPSA) is 107 Å². The Morgan fingerprint density at radius 3 is 2.53 bits per heavy atom. The van der Waals surface area contributed by atoms with Gasteiger partial charge in [-0.2, -0.15) is 0 Å². The van der Waals surface area contributed by atoms with Crippen LogP contribution in [0.1, 0.15) is 27.9 Å². The smallest absolute Gasteiger partial charge is 0.326 e. The second-order valence-corrected chi connectivity index (χ2v) is 8.01. The Morgan fingerprint density at radius 1 is 1.23 bits per heavy atom.